The number of ether oxygens (including phenoxy) is 3. The Hall–Kier alpha value is -2.34. The molecule has 1 saturated carbocycles. The molecule has 1 N–H and O–H groups in total. The van der Waals surface area contributed by atoms with Crippen molar-refractivity contribution in [3.05, 3.63) is 41.5 Å². The standard InChI is InChI=1S/C25H34O6/c1-15(2)25(28)14-21(30-17(4)26)24(5)12-11-16(3)13-20(22(24)25)31-23(27)18-7-9-19(29-6)10-8-18/h7-11,15,20-22,28H,12-14H2,1-6H3. The zero-order valence-electron chi connectivity index (χ0n) is 19.3. The van der Waals surface area contributed by atoms with Crippen LogP contribution in [0.2, 0.25) is 0 Å². The van der Waals surface area contributed by atoms with Crippen molar-refractivity contribution < 1.29 is 28.9 Å². The minimum atomic E-state index is -1.13. The Morgan fingerprint density at radius 1 is 1.16 bits per heavy atom. The van der Waals surface area contributed by atoms with Crippen molar-refractivity contribution in [2.24, 2.45) is 17.3 Å². The molecule has 0 spiro atoms. The van der Waals surface area contributed by atoms with Crippen LogP contribution in [0.5, 0.6) is 5.75 Å². The predicted molar refractivity (Wildman–Crippen MR) is 117 cm³/mol. The fourth-order valence-corrected chi connectivity index (χ4v) is 5.36. The van der Waals surface area contributed by atoms with Crippen LogP contribution in [0, 0.1) is 17.3 Å². The second-order valence-electron chi connectivity index (χ2n) is 9.56. The Balaban J connectivity index is 1.98. The van der Waals surface area contributed by atoms with Crippen LogP contribution in [0.4, 0.5) is 0 Å². The lowest BCUT2D eigenvalue weighted by molar-refractivity contribution is -0.153. The third-order valence-electron chi connectivity index (χ3n) is 7.17. The highest BCUT2D eigenvalue weighted by Gasteiger charge is 2.65. The first-order valence-electron chi connectivity index (χ1n) is 10.9. The van der Waals surface area contributed by atoms with E-state index >= 15 is 0 Å². The minimum absolute atomic E-state index is 0.0991. The number of carbonyl (C=O) groups excluding carboxylic acids is 2. The summed E-state index contributed by atoms with van der Waals surface area (Å²) in [4.78, 5) is 24.8. The highest BCUT2D eigenvalue weighted by atomic mass is 16.6. The fraction of sp³-hybridized carbons (Fsp3) is 0.600. The quantitative estimate of drug-likeness (QED) is 0.554. The van der Waals surface area contributed by atoms with Gasteiger partial charge in [0.15, 0.2) is 0 Å². The minimum Gasteiger partial charge on any atom is -0.497 e. The number of aliphatic hydroxyl groups is 1. The number of allylic oxidation sites excluding steroid dienone is 1. The van der Waals surface area contributed by atoms with Gasteiger partial charge in [0.25, 0.3) is 0 Å². The third-order valence-corrected chi connectivity index (χ3v) is 7.17. The molecule has 6 nitrogen and oxygen atoms in total. The third kappa shape index (κ3) is 4.36. The molecule has 6 heteroatoms. The number of methoxy groups -OCH3 is 1. The van der Waals surface area contributed by atoms with Crippen LogP contribution in [0.25, 0.3) is 0 Å². The van der Waals surface area contributed by atoms with E-state index in [1.165, 1.54) is 6.92 Å². The van der Waals surface area contributed by atoms with E-state index in [1.807, 2.05) is 27.7 Å². The molecule has 5 unspecified atom stereocenters. The Kier molecular flexibility index (Phi) is 6.51. The molecule has 0 amide bonds. The molecule has 1 aromatic rings. The summed E-state index contributed by atoms with van der Waals surface area (Å²) in [6.45, 7) is 9.36. The van der Waals surface area contributed by atoms with Gasteiger partial charge >= 0.3 is 11.9 Å². The van der Waals surface area contributed by atoms with Crippen LogP contribution < -0.4 is 4.74 Å². The lowest BCUT2D eigenvalue weighted by Crippen LogP contribution is -2.50. The van der Waals surface area contributed by atoms with Crippen molar-refractivity contribution in [1.82, 2.24) is 0 Å². The summed E-state index contributed by atoms with van der Waals surface area (Å²) in [6, 6.07) is 6.78. The number of esters is 2. The van der Waals surface area contributed by atoms with Crippen LogP contribution in [-0.2, 0) is 14.3 Å². The average Bonchev–Trinajstić information content (AvgIpc) is 2.83. The van der Waals surface area contributed by atoms with Crippen LogP contribution in [0.15, 0.2) is 35.9 Å². The number of rotatable bonds is 5. The summed E-state index contributed by atoms with van der Waals surface area (Å²) in [6.07, 6.45) is 2.64. The van der Waals surface area contributed by atoms with Gasteiger partial charge < -0.3 is 19.3 Å². The van der Waals surface area contributed by atoms with Gasteiger partial charge in [0.2, 0.25) is 0 Å². The summed E-state index contributed by atoms with van der Waals surface area (Å²) in [7, 11) is 1.57. The molecule has 0 aliphatic heterocycles. The Bertz CT molecular complexity index is 857. The van der Waals surface area contributed by atoms with E-state index in [0.29, 0.717) is 30.6 Å². The maximum Gasteiger partial charge on any atom is 0.338 e. The molecule has 5 atom stereocenters. The van der Waals surface area contributed by atoms with Crippen LogP contribution in [0.1, 0.15) is 64.2 Å². The lowest BCUT2D eigenvalue weighted by Gasteiger charge is -2.43. The second kappa shape index (κ2) is 8.65. The molecule has 0 radical (unpaired) electrons. The first-order valence-corrected chi connectivity index (χ1v) is 10.9. The summed E-state index contributed by atoms with van der Waals surface area (Å²) in [5.74, 6) is -0.619. The lowest BCUT2D eigenvalue weighted by atomic mass is 9.67. The first-order chi connectivity index (χ1) is 14.5. The molecular formula is C25H34O6. The smallest absolute Gasteiger partial charge is 0.338 e. The number of hydrogen-bond donors (Lipinski definition) is 1. The van der Waals surface area contributed by atoms with E-state index < -0.39 is 29.2 Å². The average molecular weight is 431 g/mol. The highest BCUT2D eigenvalue weighted by Crippen LogP contribution is 2.59. The summed E-state index contributed by atoms with van der Waals surface area (Å²) in [5.41, 5.74) is -0.155. The number of hydrogen-bond acceptors (Lipinski definition) is 6. The van der Waals surface area contributed by atoms with E-state index in [4.69, 9.17) is 14.2 Å². The van der Waals surface area contributed by atoms with Crippen molar-refractivity contribution in [2.45, 2.75) is 71.7 Å². The van der Waals surface area contributed by atoms with Gasteiger partial charge in [-0.1, -0.05) is 32.4 Å². The maximum atomic E-state index is 13.0. The van der Waals surface area contributed by atoms with Gasteiger partial charge in [-0.15, -0.1) is 0 Å². The normalized spacial score (nSPS) is 32.6. The zero-order valence-corrected chi connectivity index (χ0v) is 19.3. The molecule has 31 heavy (non-hydrogen) atoms. The summed E-state index contributed by atoms with van der Waals surface area (Å²) in [5, 5.41) is 11.8. The van der Waals surface area contributed by atoms with Crippen molar-refractivity contribution in [3.63, 3.8) is 0 Å². The van der Waals surface area contributed by atoms with Gasteiger partial charge in [-0.2, -0.15) is 0 Å². The molecule has 2 aliphatic rings. The van der Waals surface area contributed by atoms with Crippen LogP contribution in [0.3, 0.4) is 0 Å². The Labute approximate surface area is 184 Å². The second-order valence-corrected chi connectivity index (χ2v) is 9.56. The molecule has 0 saturated heterocycles. The molecular weight excluding hydrogens is 396 g/mol. The molecule has 1 aromatic carbocycles. The number of carbonyl (C=O) groups is 2. The van der Waals surface area contributed by atoms with Gasteiger partial charge in [0.1, 0.15) is 18.0 Å². The zero-order chi connectivity index (χ0) is 23.0. The largest absolute Gasteiger partial charge is 0.497 e. The van der Waals surface area contributed by atoms with E-state index in [9.17, 15) is 14.7 Å². The van der Waals surface area contributed by atoms with E-state index in [1.54, 1.807) is 31.4 Å². The topological polar surface area (TPSA) is 82.1 Å². The number of fused-ring (bicyclic) bond motifs is 1. The van der Waals surface area contributed by atoms with E-state index in [0.717, 1.165) is 5.57 Å². The van der Waals surface area contributed by atoms with Gasteiger partial charge in [-0.3, -0.25) is 4.79 Å². The van der Waals surface area contributed by atoms with E-state index in [2.05, 4.69) is 6.08 Å². The van der Waals surface area contributed by atoms with Crippen molar-refractivity contribution >= 4 is 11.9 Å². The predicted octanol–water partition coefficient (Wildman–Crippen LogP) is 4.31. The SMILES string of the molecule is COc1ccc(C(=O)OC2CC(C)=CCC3(C)C(OC(C)=O)CC(O)(C(C)C)C23)cc1. The van der Waals surface area contributed by atoms with Gasteiger partial charge in [-0.05, 0) is 43.5 Å². The maximum absolute atomic E-state index is 13.0. The molecule has 0 heterocycles. The van der Waals surface area contributed by atoms with Crippen LogP contribution in [-0.4, -0.2) is 42.0 Å². The Morgan fingerprint density at radius 2 is 1.81 bits per heavy atom. The molecule has 0 bridgehead atoms. The molecule has 2 aliphatic carbocycles. The summed E-state index contributed by atoms with van der Waals surface area (Å²) >= 11 is 0. The Morgan fingerprint density at radius 3 is 2.35 bits per heavy atom. The molecule has 0 aromatic heterocycles. The van der Waals surface area contributed by atoms with Crippen molar-refractivity contribution in [3.8, 4) is 5.75 Å². The molecule has 1 fully saturated rings. The molecule has 170 valence electrons. The highest BCUT2D eigenvalue weighted by molar-refractivity contribution is 5.89. The van der Waals surface area contributed by atoms with E-state index in [-0.39, 0.29) is 17.8 Å². The number of benzene rings is 1. The van der Waals surface area contributed by atoms with Gasteiger partial charge in [-0.25, -0.2) is 4.79 Å². The first kappa shape index (κ1) is 23.3. The summed E-state index contributed by atoms with van der Waals surface area (Å²) < 4.78 is 16.9. The van der Waals surface area contributed by atoms with Crippen LogP contribution >= 0.6 is 0 Å². The van der Waals surface area contributed by atoms with Gasteiger partial charge in [0.05, 0.1) is 18.3 Å². The fourth-order valence-electron chi connectivity index (χ4n) is 5.36. The van der Waals surface area contributed by atoms with Crippen molar-refractivity contribution in [2.75, 3.05) is 7.11 Å². The van der Waals surface area contributed by atoms with Gasteiger partial charge in [0, 0.05) is 31.1 Å². The van der Waals surface area contributed by atoms with Crippen molar-refractivity contribution in [1.29, 1.82) is 0 Å². The monoisotopic (exact) mass is 430 g/mol. The molecule has 3 rings (SSSR count).